The maximum atomic E-state index is 12.5. The third kappa shape index (κ3) is 10.6. The van der Waals surface area contributed by atoms with Crippen molar-refractivity contribution in [1.82, 2.24) is 44.0 Å². The molecule has 2 fully saturated rings. The van der Waals surface area contributed by atoms with Crippen LogP contribution in [0, 0.1) is 10.1 Å². The summed E-state index contributed by atoms with van der Waals surface area (Å²) < 4.78 is 7.84. The van der Waals surface area contributed by atoms with E-state index in [0.29, 0.717) is 5.69 Å². The Morgan fingerprint density at radius 3 is 1.83 bits per heavy atom. The number of nitro benzene ring substituents is 1. The first-order valence-corrected chi connectivity index (χ1v) is 17.4. The standard InChI is InChI=1S/C15H19N5O.C15H10N4O4.C7H15N/c1-18(20-8-3-2-4-9-20)15(21)19-11-14(17-12-19)13-6-5-7-16-10-13;20-15(23-13-5-3-12(4-6-13)19(21)22)18-9-14(17-10-18)11-2-1-7-16-8-11;1-2-8-6-4-3-5-7-8/h5-7,10-12H,2-4,8-9H2,1H3;1-10H;2-7H2,1H3. The SMILES string of the molecule is CCN1CCCCC1.CN(C(=O)n1cnc(-c2cccnc2)c1)N1CCCCC1.O=C(Oc1ccc([N+](=O)[O-])cc1)n1cnc(-c2cccnc2)c1. The van der Waals surface area contributed by atoms with E-state index in [1.807, 2.05) is 25.2 Å². The molecule has 0 bridgehead atoms. The smallest absolute Gasteiger partial charge is 0.410 e. The van der Waals surface area contributed by atoms with Gasteiger partial charge in [-0.1, -0.05) is 19.8 Å². The molecule has 2 saturated heterocycles. The molecule has 0 atom stereocenters. The number of ether oxygens (including phenoxy) is 1. The number of likely N-dealkylation sites (tertiary alicyclic amines) is 1. The normalized spacial score (nSPS) is 14.6. The van der Waals surface area contributed by atoms with Crippen LogP contribution in [-0.2, 0) is 0 Å². The van der Waals surface area contributed by atoms with Crippen molar-refractivity contribution >= 4 is 17.8 Å². The summed E-state index contributed by atoms with van der Waals surface area (Å²) in [4.78, 5) is 53.5. The van der Waals surface area contributed by atoms with E-state index >= 15 is 0 Å². The van der Waals surface area contributed by atoms with Gasteiger partial charge in [0, 0.05) is 80.6 Å². The fraction of sp³-hybridized carbons (Fsp3) is 0.351. The van der Waals surface area contributed by atoms with Gasteiger partial charge in [-0.05, 0) is 81.7 Å². The second-order valence-electron chi connectivity index (χ2n) is 12.3. The van der Waals surface area contributed by atoms with Gasteiger partial charge in [-0.3, -0.25) is 29.7 Å². The molecule has 0 unspecified atom stereocenters. The highest BCUT2D eigenvalue weighted by molar-refractivity contribution is 5.77. The number of benzene rings is 1. The average molecular weight is 709 g/mol. The molecule has 0 radical (unpaired) electrons. The third-order valence-corrected chi connectivity index (χ3v) is 8.69. The van der Waals surface area contributed by atoms with Crippen LogP contribution in [0.3, 0.4) is 0 Å². The topological polar surface area (TPSA) is 158 Å². The Labute approximate surface area is 302 Å². The van der Waals surface area contributed by atoms with Crippen molar-refractivity contribution in [2.75, 3.05) is 39.8 Å². The fourth-order valence-corrected chi connectivity index (χ4v) is 5.71. The number of piperidine rings is 2. The van der Waals surface area contributed by atoms with Crippen molar-refractivity contribution in [2.45, 2.75) is 45.4 Å². The van der Waals surface area contributed by atoms with Crippen LogP contribution in [0.4, 0.5) is 15.3 Å². The summed E-state index contributed by atoms with van der Waals surface area (Å²) in [6.07, 6.45) is 20.1. The number of non-ortho nitro benzene ring substituents is 1. The second-order valence-corrected chi connectivity index (χ2v) is 12.3. The minimum Gasteiger partial charge on any atom is -0.410 e. The zero-order valence-corrected chi connectivity index (χ0v) is 29.5. The Morgan fingerprint density at radius 1 is 0.788 bits per heavy atom. The number of aromatic nitrogens is 6. The van der Waals surface area contributed by atoms with E-state index in [2.05, 4.69) is 36.8 Å². The van der Waals surface area contributed by atoms with E-state index in [0.717, 1.165) is 42.8 Å². The van der Waals surface area contributed by atoms with Gasteiger partial charge >= 0.3 is 12.1 Å². The van der Waals surface area contributed by atoms with Crippen LogP contribution < -0.4 is 4.74 Å². The molecule has 0 N–H and O–H groups in total. The number of carbonyl (C=O) groups excluding carboxylic acids is 2. The molecule has 15 heteroatoms. The Bertz CT molecular complexity index is 1850. The van der Waals surface area contributed by atoms with Gasteiger partial charge in [0.05, 0.1) is 16.3 Å². The third-order valence-electron chi connectivity index (χ3n) is 8.69. The zero-order valence-electron chi connectivity index (χ0n) is 29.5. The molecule has 272 valence electrons. The molecule has 0 saturated carbocycles. The minimum absolute atomic E-state index is 0.0775. The van der Waals surface area contributed by atoms with Gasteiger partial charge in [0.15, 0.2) is 0 Å². The lowest BCUT2D eigenvalue weighted by Gasteiger charge is -2.34. The van der Waals surface area contributed by atoms with Gasteiger partial charge in [-0.15, -0.1) is 0 Å². The Kier molecular flexibility index (Phi) is 13.7. The lowest BCUT2D eigenvalue weighted by molar-refractivity contribution is -0.384. The van der Waals surface area contributed by atoms with E-state index in [9.17, 15) is 19.7 Å². The first kappa shape index (κ1) is 37.5. The molecule has 15 nitrogen and oxygen atoms in total. The number of carbonyl (C=O) groups is 2. The Morgan fingerprint density at radius 2 is 1.33 bits per heavy atom. The number of hydrogen-bond acceptors (Lipinski definition) is 11. The van der Waals surface area contributed by atoms with Gasteiger partial charge in [0.2, 0.25) is 0 Å². The fourth-order valence-electron chi connectivity index (χ4n) is 5.71. The molecule has 0 aliphatic carbocycles. The van der Waals surface area contributed by atoms with E-state index in [-0.39, 0.29) is 17.5 Å². The molecule has 1 amide bonds. The van der Waals surface area contributed by atoms with E-state index < -0.39 is 11.0 Å². The summed E-state index contributed by atoms with van der Waals surface area (Å²) >= 11 is 0. The van der Waals surface area contributed by atoms with Crippen LogP contribution in [0.2, 0.25) is 0 Å². The van der Waals surface area contributed by atoms with E-state index in [1.54, 1.807) is 48.4 Å². The van der Waals surface area contributed by atoms with Crippen molar-refractivity contribution in [3.05, 3.63) is 108 Å². The van der Waals surface area contributed by atoms with Crippen molar-refractivity contribution in [2.24, 2.45) is 0 Å². The van der Waals surface area contributed by atoms with Crippen LogP contribution >= 0.6 is 0 Å². The van der Waals surface area contributed by atoms with E-state index in [4.69, 9.17) is 4.74 Å². The molecule has 2 aliphatic heterocycles. The van der Waals surface area contributed by atoms with E-state index in [1.165, 1.54) is 91.2 Å². The summed E-state index contributed by atoms with van der Waals surface area (Å²) in [6, 6.07) is 12.5. The number of hydrazine groups is 1. The monoisotopic (exact) mass is 708 g/mol. The number of amides is 1. The predicted molar refractivity (Wildman–Crippen MR) is 195 cm³/mol. The predicted octanol–water partition coefficient (Wildman–Crippen LogP) is 6.64. The van der Waals surface area contributed by atoms with Crippen molar-refractivity contribution in [1.29, 1.82) is 0 Å². The number of rotatable bonds is 6. The molecule has 1 aromatic carbocycles. The van der Waals surface area contributed by atoms with Crippen LogP contribution in [0.25, 0.3) is 22.5 Å². The lowest BCUT2D eigenvalue weighted by Crippen LogP contribution is -2.47. The van der Waals surface area contributed by atoms with Crippen LogP contribution in [0.1, 0.15) is 45.4 Å². The molecule has 4 aromatic heterocycles. The number of hydrogen-bond donors (Lipinski definition) is 0. The maximum absolute atomic E-state index is 12.5. The second kappa shape index (κ2) is 19.0. The molecule has 0 spiro atoms. The molecule has 2 aliphatic rings. The lowest BCUT2D eigenvalue weighted by atomic mass is 10.1. The Balaban J connectivity index is 0.000000167. The Hall–Kier alpha value is -5.80. The quantitative estimate of drug-likeness (QED) is 0.138. The number of nitro groups is 1. The first-order valence-electron chi connectivity index (χ1n) is 17.4. The zero-order chi connectivity index (χ0) is 36.7. The summed E-state index contributed by atoms with van der Waals surface area (Å²) in [5.41, 5.74) is 2.94. The van der Waals surface area contributed by atoms with Gasteiger partial charge in [0.1, 0.15) is 18.4 Å². The first-order chi connectivity index (χ1) is 25.3. The van der Waals surface area contributed by atoms with Gasteiger partial charge in [-0.25, -0.2) is 29.1 Å². The van der Waals surface area contributed by atoms with Gasteiger partial charge < -0.3 is 9.64 Å². The summed E-state index contributed by atoms with van der Waals surface area (Å²) in [7, 11) is 1.82. The summed E-state index contributed by atoms with van der Waals surface area (Å²) in [6.45, 7) is 8.05. The molecule has 5 aromatic rings. The average Bonchev–Trinajstić information content (AvgIpc) is 3.91. The minimum atomic E-state index is -0.665. The van der Waals surface area contributed by atoms with Crippen molar-refractivity contribution < 1.29 is 19.2 Å². The summed E-state index contributed by atoms with van der Waals surface area (Å²) in [5.74, 6) is 0.206. The van der Waals surface area contributed by atoms with Crippen LogP contribution in [0.5, 0.6) is 5.75 Å². The van der Waals surface area contributed by atoms with Gasteiger partial charge in [0.25, 0.3) is 5.69 Å². The van der Waals surface area contributed by atoms with Crippen LogP contribution in [-0.4, -0.2) is 101 Å². The molecule has 52 heavy (non-hydrogen) atoms. The van der Waals surface area contributed by atoms with Crippen molar-refractivity contribution in [3.63, 3.8) is 0 Å². The molecular formula is C37H44N10O5. The highest BCUT2D eigenvalue weighted by Gasteiger charge is 2.21. The number of pyridine rings is 2. The van der Waals surface area contributed by atoms with Gasteiger partial charge in [-0.2, -0.15) is 0 Å². The highest BCUT2D eigenvalue weighted by atomic mass is 16.6. The largest absolute Gasteiger partial charge is 0.424 e. The van der Waals surface area contributed by atoms with Crippen LogP contribution in [0.15, 0.2) is 98.4 Å². The molecule has 7 rings (SSSR count). The summed E-state index contributed by atoms with van der Waals surface area (Å²) in [5, 5.41) is 14.4. The molecular weight excluding hydrogens is 664 g/mol. The van der Waals surface area contributed by atoms with Crippen molar-refractivity contribution in [3.8, 4) is 28.3 Å². The number of imidazole rings is 2. The maximum Gasteiger partial charge on any atom is 0.424 e. The molecule has 6 heterocycles. The number of nitrogens with zero attached hydrogens (tertiary/aromatic N) is 10. The highest BCUT2D eigenvalue weighted by Crippen LogP contribution is 2.20.